The van der Waals surface area contributed by atoms with Crippen LogP contribution in [0.3, 0.4) is 0 Å². The van der Waals surface area contributed by atoms with Gasteiger partial charge in [-0.3, -0.25) is 19.9 Å². The molecule has 2 saturated heterocycles. The summed E-state index contributed by atoms with van der Waals surface area (Å²) in [6, 6.07) is 6.08. The van der Waals surface area contributed by atoms with E-state index < -0.39 is 35.3 Å². The van der Waals surface area contributed by atoms with Gasteiger partial charge in [0, 0.05) is 51.4 Å². The number of carbonyl (C=O) groups excluding carboxylic acids is 1. The Morgan fingerprint density at radius 2 is 1.82 bits per heavy atom. The topological polar surface area (TPSA) is 97.5 Å². The summed E-state index contributed by atoms with van der Waals surface area (Å²) < 4.78 is 68.6. The molecule has 0 spiro atoms. The molecular weight excluding hydrogens is 537 g/mol. The molecule has 1 unspecified atom stereocenters. The molecule has 9 nitrogen and oxygen atoms in total. The highest BCUT2D eigenvalue weighted by Gasteiger charge is 2.44. The minimum atomic E-state index is -4.34. The number of piperazine rings is 1. The molecule has 14 heteroatoms. The number of hydrazine groups is 1. The van der Waals surface area contributed by atoms with Crippen LogP contribution in [0.5, 0.6) is 0 Å². The van der Waals surface area contributed by atoms with Gasteiger partial charge in [0.1, 0.15) is 16.9 Å². The Balaban J connectivity index is 1.18. The van der Waals surface area contributed by atoms with Gasteiger partial charge in [-0.2, -0.15) is 17.6 Å². The van der Waals surface area contributed by atoms with Crippen molar-refractivity contribution in [1.29, 1.82) is 0 Å². The van der Waals surface area contributed by atoms with Crippen molar-refractivity contribution >= 4 is 22.6 Å². The van der Waals surface area contributed by atoms with Crippen LogP contribution in [0.1, 0.15) is 35.1 Å². The Morgan fingerprint density at radius 3 is 2.48 bits per heavy atom. The molecule has 1 amide bonds. The number of aromatic nitrogens is 3. The van der Waals surface area contributed by atoms with E-state index in [0.29, 0.717) is 55.9 Å². The first-order valence-electron chi connectivity index (χ1n) is 13.0. The minimum absolute atomic E-state index is 0.0402. The summed E-state index contributed by atoms with van der Waals surface area (Å²) in [5, 5.41) is 1.17. The monoisotopic (exact) mass is 565 g/mol. The summed E-state index contributed by atoms with van der Waals surface area (Å²) in [5.41, 5.74) is 3.12. The number of nitrogens with zero attached hydrogens (tertiary/aromatic N) is 5. The first kappa shape index (κ1) is 27.9. The SMILES string of the molecule is CCc1nc2ccc(CN3CCN(c4ccc(C(=O)NN5CCC(C(F)(F)F)C5)nc4F)CC3)c(F)c2[nH]c1=O. The molecule has 2 aliphatic rings. The van der Waals surface area contributed by atoms with Gasteiger partial charge in [-0.05, 0) is 31.0 Å². The summed E-state index contributed by atoms with van der Waals surface area (Å²) in [4.78, 5) is 38.9. The van der Waals surface area contributed by atoms with Gasteiger partial charge in [0.15, 0.2) is 5.82 Å². The Labute approximate surface area is 226 Å². The lowest BCUT2D eigenvalue weighted by Crippen LogP contribution is -2.46. The number of pyridine rings is 1. The molecule has 0 radical (unpaired) electrons. The maximum absolute atomic E-state index is 15.1. The van der Waals surface area contributed by atoms with Crippen molar-refractivity contribution < 1.29 is 26.7 Å². The van der Waals surface area contributed by atoms with Crippen LogP contribution in [0, 0.1) is 17.7 Å². The Morgan fingerprint density at radius 1 is 1.07 bits per heavy atom. The summed E-state index contributed by atoms with van der Waals surface area (Å²) in [6.45, 7) is 3.61. The number of aryl methyl sites for hydroxylation is 1. The number of carbonyl (C=O) groups is 1. The molecule has 0 bridgehead atoms. The number of alkyl halides is 3. The first-order chi connectivity index (χ1) is 19.0. The number of aromatic amines is 1. The van der Waals surface area contributed by atoms with E-state index in [-0.39, 0.29) is 36.4 Å². The highest BCUT2D eigenvalue weighted by atomic mass is 19.4. The van der Waals surface area contributed by atoms with E-state index in [0.717, 1.165) is 0 Å². The van der Waals surface area contributed by atoms with E-state index in [2.05, 4.69) is 20.4 Å². The first-order valence-corrected chi connectivity index (χ1v) is 13.0. The Bertz CT molecular complexity index is 1470. The van der Waals surface area contributed by atoms with Crippen LogP contribution in [0.4, 0.5) is 27.6 Å². The van der Waals surface area contributed by atoms with E-state index >= 15 is 4.39 Å². The Kier molecular flexibility index (Phi) is 7.73. The van der Waals surface area contributed by atoms with Crippen molar-refractivity contribution in [1.82, 2.24) is 30.3 Å². The molecule has 1 atom stereocenters. The summed E-state index contributed by atoms with van der Waals surface area (Å²) in [5.74, 6) is -3.69. The van der Waals surface area contributed by atoms with Crippen molar-refractivity contribution in [2.75, 3.05) is 44.2 Å². The fourth-order valence-corrected chi connectivity index (χ4v) is 5.07. The smallest absolute Gasteiger partial charge is 0.365 e. The maximum atomic E-state index is 15.1. The molecule has 0 aliphatic carbocycles. The molecule has 2 fully saturated rings. The Hall–Kier alpha value is -3.65. The third-order valence-electron chi connectivity index (χ3n) is 7.37. The molecule has 1 aromatic carbocycles. The molecule has 0 saturated carbocycles. The van der Waals surface area contributed by atoms with Crippen LogP contribution in [0.25, 0.3) is 11.0 Å². The zero-order valence-electron chi connectivity index (χ0n) is 21.7. The van der Waals surface area contributed by atoms with Crippen LogP contribution in [-0.4, -0.2) is 76.2 Å². The lowest BCUT2D eigenvalue weighted by atomic mass is 10.1. The highest BCUT2D eigenvalue weighted by Crippen LogP contribution is 2.32. The number of fused-ring (bicyclic) bond motifs is 1. The summed E-state index contributed by atoms with van der Waals surface area (Å²) in [6.07, 6.45) is -4.02. The van der Waals surface area contributed by atoms with Gasteiger partial charge in [-0.15, -0.1) is 0 Å². The van der Waals surface area contributed by atoms with E-state index in [9.17, 15) is 27.2 Å². The second-order valence-corrected chi connectivity index (χ2v) is 9.98. The van der Waals surface area contributed by atoms with Gasteiger partial charge in [0.05, 0.1) is 17.1 Å². The molecule has 214 valence electrons. The van der Waals surface area contributed by atoms with Crippen molar-refractivity contribution in [3.05, 3.63) is 63.3 Å². The molecule has 2 aromatic heterocycles. The predicted octanol–water partition coefficient (Wildman–Crippen LogP) is 3.01. The van der Waals surface area contributed by atoms with E-state index in [1.165, 1.54) is 17.1 Å². The van der Waals surface area contributed by atoms with E-state index in [4.69, 9.17) is 0 Å². The molecular formula is C26H28F5N7O2. The number of hydrogen-bond acceptors (Lipinski definition) is 7. The molecule has 5 rings (SSSR count). The van der Waals surface area contributed by atoms with Crippen LogP contribution in [-0.2, 0) is 13.0 Å². The zero-order valence-corrected chi connectivity index (χ0v) is 21.7. The van der Waals surface area contributed by atoms with Crippen LogP contribution in [0.15, 0.2) is 29.1 Å². The van der Waals surface area contributed by atoms with Gasteiger partial charge >= 0.3 is 6.18 Å². The molecule has 3 aromatic rings. The van der Waals surface area contributed by atoms with Crippen molar-refractivity contribution in [2.45, 2.75) is 32.5 Å². The van der Waals surface area contributed by atoms with Crippen LogP contribution >= 0.6 is 0 Å². The lowest BCUT2D eigenvalue weighted by molar-refractivity contribution is -0.171. The average Bonchev–Trinajstić information content (AvgIpc) is 3.40. The lowest BCUT2D eigenvalue weighted by Gasteiger charge is -2.36. The largest absolute Gasteiger partial charge is 0.393 e. The van der Waals surface area contributed by atoms with E-state index in [1.807, 2.05) is 4.90 Å². The highest BCUT2D eigenvalue weighted by molar-refractivity contribution is 5.92. The third kappa shape index (κ3) is 5.77. The van der Waals surface area contributed by atoms with Gasteiger partial charge < -0.3 is 9.88 Å². The minimum Gasteiger partial charge on any atom is -0.365 e. The number of benzene rings is 1. The number of hydrogen-bond donors (Lipinski definition) is 2. The van der Waals surface area contributed by atoms with Gasteiger partial charge in [-0.25, -0.2) is 19.4 Å². The quantitative estimate of drug-likeness (QED) is 0.351. The number of H-pyrrole nitrogens is 1. The number of rotatable bonds is 6. The zero-order chi connectivity index (χ0) is 28.6. The fourth-order valence-electron chi connectivity index (χ4n) is 5.07. The van der Waals surface area contributed by atoms with E-state index in [1.54, 1.807) is 24.0 Å². The summed E-state index contributed by atoms with van der Waals surface area (Å²) >= 11 is 0. The number of amides is 1. The average molecular weight is 566 g/mol. The van der Waals surface area contributed by atoms with Crippen molar-refractivity contribution in [3.8, 4) is 0 Å². The predicted molar refractivity (Wildman–Crippen MR) is 137 cm³/mol. The van der Waals surface area contributed by atoms with Gasteiger partial charge in [0.2, 0.25) is 5.95 Å². The van der Waals surface area contributed by atoms with Crippen molar-refractivity contribution in [3.63, 3.8) is 0 Å². The molecule has 40 heavy (non-hydrogen) atoms. The second-order valence-electron chi connectivity index (χ2n) is 9.98. The van der Waals surface area contributed by atoms with Crippen LogP contribution < -0.4 is 15.9 Å². The molecule has 2 aliphatic heterocycles. The second kappa shape index (κ2) is 11.1. The van der Waals surface area contributed by atoms with Gasteiger partial charge in [-0.1, -0.05) is 13.0 Å². The number of halogens is 5. The number of anilines is 1. The third-order valence-corrected chi connectivity index (χ3v) is 7.37. The normalized spacial score (nSPS) is 18.9. The maximum Gasteiger partial charge on any atom is 0.393 e. The van der Waals surface area contributed by atoms with Gasteiger partial charge in [0.25, 0.3) is 11.5 Å². The standard InChI is InChI=1S/C26H28F5N7O2/c1-2-17-24(39)34-22-18(32-17)4-3-15(21(22)27)13-36-9-11-37(12-10-36)20-6-5-19(33-23(20)28)25(40)35-38-8-7-16(14-38)26(29,30)31/h3-6,16H,2,7-14H2,1H3,(H,34,39)(H,35,40). The fraction of sp³-hybridized carbons (Fsp3) is 0.462. The van der Waals surface area contributed by atoms with Crippen molar-refractivity contribution in [2.24, 2.45) is 5.92 Å². The number of nitrogens with one attached hydrogen (secondary N) is 2. The molecule has 2 N–H and O–H groups in total. The van der Waals surface area contributed by atoms with Crippen LogP contribution in [0.2, 0.25) is 0 Å². The molecule has 4 heterocycles. The summed E-state index contributed by atoms with van der Waals surface area (Å²) in [7, 11) is 0.